The van der Waals surface area contributed by atoms with Crippen LogP contribution in [-0.2, 0) is 16.0 Å². The molecule has 0 bridgehead atoms. The summed E-state index contributed by atoms with van der Waals surface area (Å²) in [5.74, 6) is -0.460. The van der Waals surface area contributed by atoms with Crippen LogP contribution in [0.3, 0.4) is 0 Å². The highest BCUT2D eigenvalue weighted by molar-refractivity contribution is 8.18. The van der Waals surface area contributed by atoms with Crippen molar-refractivity contribution in [2.24, 2.45) is 4.99 Å². The van der Waals surface area contributed by atoms with E-state index < -0.39 is 12.6 Å². The average Bonchev–Trinajstić information content (AvgIpc) is 3.06. The maximum Gasteiger partial charge on any atom is 0.341 e. The standard InChI is InChI=1S/C23H24N2O5S/c1-4-16-8-6-7-9-17(16)24-23-25(5-2)22(28)20(31-23)13-15-10-11-18(19(12-15)29-3)30-14-21(26)27/h6-13H,4-5,14H2,1-3H3,(H,26,27)/b20-13+,24-23?. The predicted molar refractivity (Wildman–Crippen MR) is 122 cm³/mol. The number of amides is 1. The molecule has 1 fully saturated rings. The number of likely N-dealkylation sites (N-methyl/N-ethyl adjacent to an activating group) is 1. The summed E-state index contributed by atoms with van der Waals surface area (Å²) in [5.41, 5.74) is 2.72. The number of methoxy groups -OCH3 is 1. The van der Waals surface area contributed by atoms with E-state index >= 15 is 0 Å². The Morgan fingerprint density at radius 2 is 1.97 bits per heavy atom. The first-order chi connectivity index (χ1) is 15.0. The van der Waals surface area contributed by atoms with Crippen molar-refractivity contribution in [1.29, 1.82) is 0 Å². The molecule has 0 atom stereocenters. The molecular formula is C23H24N2O5S. The quantitative estimate of drug-likeness (QED) is 0.614. The second-order valence-corrected chi connectivity index (χ2v) is 7.64. The zero-order valence-corrected chi connectivity index (χ0v) is 18.4. The first-order valence-electron chi connectivity index (χ1n) is 9.87. The summed E-state index contributed by atoms with van der Waals surface area (Å²) in [6.45, 7) is 4.05. The Bertz CT molecular complexity index is 1050. The number of aliphatic carboxylic acids is 1. The molecule has 0 aromatic heterocycles. The lowest BCUT2D eigenvalue weighted by molar-refractivity contribution is -0.139. The van der Waals surface area contributed by atoms with Crippen LogP contribution in [0.2, 0.25) is 0 Å². The number of benzene rings is 2. The monoisotopic (exact) mass is 440 g/mol. The number of thioether (sulfide) groups is 1. The molecule has 1 heterocycles. The first kappa shape index (κ1) is 22.4. The number of carboxylic acid groups (broad SMARTS) is 1. The van der Waals surface area contributed by atoms with Gasteiger partial charge in [-0.1, -0.05) is 31.2 Å². The largest absolute Gasteiger partial charge is 0.493 e. The van der Waals surface area contributed by atoms with Crippen molar-refractivity contribution in [2.45, 2.75) is 20.3 Å². The molecule has 162 valence electrons. The van der Waals surface area contributed by atoms with Gasteiger partial charge in [-0.3, -0.25) is 9.69 Å². The highest BCUT2D eigenvalue weighted by atomic mass is 32.2. The number of rotatable bonds is 8. The maximum atomic E-state index is 12.9. The second kappa shape index (κ2) is 10.2. The molecule has 8 heteroatoms. The van der Waals surface area contributed by atoms with Crippen molar-refractivity contribution in [3.05, 3.63) is 58.5 Å². The molecule has 1 aliphatic rings. The molecule has 3 rings (SSSR count). The van der Waals surface area contributed by atoms with E-state index in [9.17, 15) is 9.59 Å². The number of nitrogens with zero attached hydrogens (tertiary/aromatic N) is 2. The van der Waals surface area contributed by atoms with Crippen LogP contribution < -0.4 is 9.47 Å². The Labute approximate surface area is 185 Å². The van der Waals surface area contributed by atoms with Crippen LogP contribution in [0.4, 0.5) is 5.69 Å². The number of para-hydroxylation sites is 1. The van der Waals surface area contributed by atoms with Gasteiger partial charge in [-0.15, -0.1) is 0 Å². The Balaban J connectivity index is 1.90. The Morgan fingerprint density at radius 3 is 2.65 bits per heavy atom. The molecule has 1 N–H and O–H groups in total. The number of aryl methyl sites for hydroxylation is 1. The van der Waals surface area contributed by atoms with Gasteiger partial charge in [-0.05, 0) is 60.5 Å². The number of ether oxygens (including phenoxy) is 2. The van der Waals surface area contributed by atoms with Crippen molar-refractivity contribution in [1.82, 2.24) is 4.90 Å². The number of hydrogen-bond acceptors (Lipinski definition) is 6. The zero-order chi connectivity index (χ0) is 22.4. The zero-order valence-electron chi connectivity index (χ0n) is 17.6. The third kappa shape index (κ3) is 5.27. The van der Waals surface area contributed by atoms with Crippen molar-refractivity contribution in [3.63, 3.8) is 0 Å². The van der Waals surface area contributed by atoms with Gasteiger partial charge in [0.15, 0.2) is 23.3 Å². The molecule has 1 saturated heterocycles. The number of carbonyl (C=O) groups is 2. The summed E-state index contributed by atoms with van der Waals surface area (Å²) >= 11 is 1.33. The van der Waals surface area contributed by atoms with E-state index in [4.69, 9.17) is 19.6 Å². The number of carbonyl (C=O) groups excluding carboxylic acids is 1. The van der Waals surface area contributed by atoms with Crippen LogP contribution in [0, 0.1) is 0 Å². The van der Waals surface area contributed by atoms with Crippen LogP contribution in [0.25, 0.3) is 6.08 Å². The SMILES string of the molecule is CCc1ccccc1N=C1S/C(=C/c2ccc(OCC(=O)O)c(OC)c2)C(=O)N1CC. The molecule has 31 heavy (non-hydrogen) atoms. The van der Waals surface area contributed by atoms with Crippen molar-refractivity contribution >= 4 is 40.6 Å². The van der Waals surface area contributed by atoms with Gasteiger partial charge >= 0.3 is 5.97 Å². The van der Waals surface area contributed by atoms with Crippen LogP contribution >= 0.6 is 11.8 Å². The summed E-state index contributed by atoms with van der Waals surface area (Å²) in [4.78, 5) is 30.6. The van der Waals surface area contributed by atoms with E-state index in [1.807, 2.05) is 31.2 Å². The van der Waals surface area contributed by atoms with Gasteiger partial charge in [0.05, 0.1) is 17.7 Å². The Morgan fingerprint density at radius 1 is 1.19 bits per heavy atom. The van der Waals surface area contributed by atoms with E-state index in [1.54, 1.807) is 29.2 Å². The van der Waals surface area contributed by atoms with Crippen LogP contribution in [0.15, 0.2) is 52.4 Å². The average molecular weight is 441 g/mol. The van der Waals surface area contributed by atoms with Crippen molar-refractivity contribution in [3.8, 4) is 11.5 Å². The van der Waals surface area contributed by atoms with Crippen LogP contribution in [0.1, 0.15) is 25.0 Å². The van der Waals surface area contributed by atoms with Crippen LogP contribution in [-0.4, -0.2) is 47.3 Å². The second-order valence-electron chi connectivity index (χ2n) is 6.63. The number of carboxylic acids is 1. The topological polar surface area (TPSA) is 88.4 Å². The highest BCUT2D eigenvalue weighted by Crippen LogP contribution is 2.36. The minimum absolute atomic E-state index is 0.106. The molecule has 0 aliphatic carbocycles. The minimum Gasteiger partial charge on any atom is -0.493 e. The van der Waals surface area contributed by atoms with E-state index in [-0.39, 0.29) is 5.91 Å². The van der Waals surface area contributed by atoms with Crippen molar-refractivity contribution < 1.29 is 24.2 Å². The van der Waals surface area contributed by atoms with Crippen LogP contribution in [0.5, 0.6) is 11.5 Å². The van der Waals surface area contributed by atoms with Gasteiger partial charge in [0.2, 0.25) is 0 Å². The Kier molecular flexibility index (Phi) is 7.36. The number of hydrogen-bond donors (Lipinski definition) is 1. The summed E-state index contributed by atoms with van der Waals surface area (Å²) < 4.78 is 10.5. The lowest BCUT2D eigenvalue weighted by Crippen LogP contribution is -2.28. The lowest BCUT2D eigenvalue weighted by atomic mass is 10.1. The molecule has 1 aliphatic heterocycles. The summed E-state index contributed by atoms with van der Waals surface area (Å²) in [5, 5.41) is 9.44. The van der Waals surface area contributed by atoms with E-state index in [0.717, 1.165) is 23.2 Å². The molecule has 2 aromatic rings. The fourth-order valence-corrected chi connectivity index (χ4v) is 4.13. The van der Waals surface area contributed by atoms with Gasteiger partial charge in [0.1, 0.15) is 0 Å². The Hall–Kier alpha value is -3.26. The number of amidine groups is 1. The normalized spacial score (nSPS) is 16.2. The minimum atomic E-state index is -1.07. The fourth-order valence-electron chi connectivity index (χ4n) is 3.08. The molecule has 0 spiro atoms. The molecule has 0 radical (unpaired) electrons. The maximum absolute atomic E-state index is 12.9. The fraction of sp³-hybridized carbons (Fsp3) is 0.261. The van der Waals surface area contributed by atoms with Gasteiger partial charge < -0.3 is 14.6 Å². The summed E-state index contributed by atoms with van der Waals surface area (Å²) in [7, 11) is 1.48. The van der Waals surface area contributed by atoms with E-state index in [2.05, 4.69) is 6.92 Å². The third-order valence-corrected chi connectivity index (χ3v) is 5.64. The number of aliphatic imine (C=N–C) groups is 1. The molecule has 1 amide bonds. The lowest BCUT2D eigenvalue weighted by Gasteiger charge is -2.13. The molecule has 0 unspecified atom stereocenters. The van der Waals surface area contributed by atoms with E-state index in [1.165, 1.54) is 18.9 Å². The molecule has 7 nitrogen and oxygen atoms in total. The van der Waals surface area contributed by atoms with Crippen molar-refractivity contribution in [2.75, 3.05) is 20.3 Å². The molecule has 0 saturated carbocycles. The van der Waals surface area contributed by atoms with Gasteiger partial charge in [0, 0.05) is 6.54 Å². The van der Waals surface area contributed by atoms with Gasteiger partial charge in [-0.2, -0.15) is 0 Å². The smallest absolute Gasteiger partial charge is 0.341 e. The highest BCUT2D eigenvalue weighted by Gasteiger charge is 2.32. The first-order valence-corrected chi connectivity index (χ1v) is 10.7. The molecule has 2 aromatic carbocycles. The molecular weight excluding hydrogens is 416 g/mol. The summed E-state index contributed by atoms with van der Waals surface area (Å²) in [6.07, 6.45) is 2.63. The third-order valence-electron chi connectivity index (χ3n) is 4.63. The summed E-state index contributed by atoms with van der Waals surface area (Å²) in [6, 6.07) is 13.0. The van der Waals surface area contributed by atoms with Gasteiger partial charge in [0.25, 0.3) is 5.91 Å². The van der Waals surface area contributed by atoms with Gasteiger partial charge in [-0.25, -0.2) is 9.79 Å². The van der Waals surface area contributed by atoms with E-state index in [0.29, 0.717) is 28.1 Å². The predicted octanol–water partition coefficient (Wildman–Crippen LogP) is 4.34.